The molecule has 42 heavy (non-hydrogen) atoms. The van der Waals surface area contributed by atoms with Crippen LogP contribution in [0.1, 0.15) is 19.6 Å². The van der Waals surface area contributed by atoms with Crippen molar-refractivity contribution in [3.8, 4) is 39.1 Å². The van der Waals surface area contributed by atoms with E-state index >= 15 is 0 Å². The van der Waals surface area contributed by atoms with Crippen LogP contribution in [0.4, 0.5) is 17.1 Å². The molecule has 0 fully saturated rings. The topological polar surface area (TPSA) is 21.1 Å². The standard InChI is InChI=1S/C39H29N3/c1-2-37-40-34-26-25-33(31-23-21-30(22-24-31)29-19-17-28(18-20-29)27-11-5-3-6-12-27)38-39(34)42(37)36-16-10-9-15-35(36)41(38)32-13-7-4-8-14-32/h3-26H,2H2,1H3/i3D,5D,6D,11D,12D. The van der Waals surface area contributed by atoms with Crippen LogP contribution < -0.4 is 4.90 Å². The molecule has 7 aromatic rings. The number of imidazole rings is 1. The van der Waals surface area contributed by atoms with Crippen molar-refractivity contribution < 1.29 is 6.85 Å². The summed E-state index contributed by atoms with van der Waals surface area (Å²) in [6.07, 6.45) is 0.812. The van der Waals surface area contributed by atoms with Crippen LogP contribution in [-0.2, 0) is 6.42 Å². The summed E-state index contributed by atoms with van der Waals surface area (Å²) in [6, 6.07) is 37.8. The minimum absolute atomic E-state index is 0.200. The van der Waals surface area contributed by atoms with E-state index in [-0.39, 0.29) is 35.8 Å². The van der Waals surface area contributed by atoms with Gasteiger partial charge in [0, 0.05) is 17.7 Å². The SMILES string of the molecule is [2H]c1c([2H])c([2H])c(-c2ccc(-c3ccc(-c4ccc5nc(CC)n6c5c4N(c4ccccc4)c4ccccc4-6)cc3)cc2)c([2H])c1[2H]. The second-order valence-electron chi connectivity index (χ2n) is 10.4. The lowest BCUT2D eigenvalue weighted by atomic mass is 9.95. The Kier molecular flexibility index (Phi) is 4.63. The van der Waals surface area contributed by atoms with E-state index < -0.39 is 0 Å². The fraction of sp³-hybridized carbons (Fsp3) is 0.0513. The van der Waals surface area contributed by atoms with Crippen LogP contribution >= 0.6 is 0 Å². The van der Waals surface area contributed by atoms with Gasteiger partial charge in [-0.1, -0.05) is 116 Å². The summed E-state index contributed by atoms with van der Waals surface area (Å²) in [5.74, 6) is 1.03. The van der Waals surface area contributed by atoms with Crippen molar-refractivity contribution in [3.63, 3.8) is 0 Å². The Morgan fingerprint density at radius 3 is 1.86 bits per heavy atom. The van der Waals surface area contributed by atoms with Crippen LogP contribution in [-0.4, -0.2) is 9.55 Å². The summed E-state index contributed by atoms with van der Waals surface area (Å²) >= 11 is 0. The predicted molar refractivity (Wildman–Crippen MR) is 175 cm³/mol. The van der Waals surface area contributed by atoms with Crippen molar-refractivity contribution in [3.05, 3.63) is 151 Å². The van der Waals surface area contributed by atoms with Crippen molar-refractivity contribution >= 4 is 28.1 Å². The van der Waals surface area contributed by atoms with Gasteiger partial charge in [-0.2, -0.15) is 0 Å². The second-order valence-corrected chi connectivity index (χ2v) is 10.4. The molecule has 1 aromatic heterocycles. The molecule has 8 rings (SSSR count). The number of nitrogens with zero attached hydrogens (tertiary/aromatic N) is 3. The van der Waals surface area contributed by atoms with E-state index in [2.05, 4.69) is 101 Å². The lowest BCUT2D eigenvalue weighted by molar-refractivity contribution is 0.900. The summed E-state index contributed by atoms with van der Waals surface area (Å²) in [5.41, 5.74) is 11.4. The minimum atomic E-state index is -0.389. The van der Waals surface area contributed by atoms with Crippen molar-refractivity contribution in [2.75, 3.05) is 4.90 Å². The smallest absolute Gasteiger partial charge is 0.114 e. The van der Waals surface area contributed by atoms with Crippen molar-refractivity contribution in [1.29, 1.82) is 0 Å². The van der Waals surface area contributed by atoms with Crippen LogP contribution in [0.3, 0.4) is 0 Å². The molecule has 2 heterocycles. The van der Waals surface area contributed by atoms with Gasteiger partial charge < -0.3 is 4.90 Å². The van der Waals surface area contributed by atoms with Gasteiger partial charge >= 0.3 is 0 Å². The average Bonchev–Trinajstić information content (AvgIpc) is 3.51. The summed E-state index contributed by atoms with van der Waals surface area (Å²) in [5, 5.41) is 0. The van der Waals surface area contributed by atoms with Crippen LogP contribution in [0.2, 0.25) is 0 Å². The first-order valence-electron chi connectivity index (χ1n) is 16.6. The lowest BCUT2D eigenvalue weighted by Crippen LogP contribution is -2.19. The van der Waals surface area contributed by atoms with E-state index in [9.17, 15) is 0 Å². The van der Waals surface area contributed by atoms with Crippen molar-refractivity contribution in [2.24, 2.45) is 0 Å². The van der Waals surface area contributed by atoms with E-state index in [1.807, 2.05) is 30.3 Å². The monoisotopic (exact) mass is 544 g/mol. The molecule has 0 aliphatic carbocycles. The highest BCUT2D eigenvalue weighted by Gasteiger charge is 2.30. The van der Waals surface area contributed by atoms with E-state index in [4.69, 9.17) is 11.8 Å². The first kappa shape index (κ1) is 19.6. The highest BCUT2D eigenvalue weighted by Crippen LogP contribution is 2.51. The number of rotatable bonds is 5. The summed E-state index contributed by atoms with van der Waals surface area (Å²) in [4.78, 5) is 7.40. The number of hydrogen-bond acceptors (Lipinski definition) is 2. The number of aromatic nitrogens is 2. The van der Waals surface area contributed by atoms with Gasteiger partial charge in [0.05, 0.1) is 34.9 Å². The molecule has 3 nitrogen and oxygen atoms in total. The summed E-state index contributed by atoms with van der Waals surface area (Å²) in [6.45, 7) is 2.15. The molecule has 1 aliphatic rings. The Labute approximate surface area is 253 Å². The van der Waals surface area contributed by atoms with Crippen LogP contribution in [0.5, 0.6) is 0 Å². The first-order valence-corrected chi connectivity index (χ1v) is 14.1. The highest BCUT2D eigenvalue weighted by molar-refractivity contribution is 6.07. The zero-order valence-electron chi connectivity index (χ0n) is 28.0. The van der Waals surface area contributed by atoms with E-state index in [0.29, 0.717) is 5.56 Å². The molecular formula is C39H29N3. The number of para-hydroxylation sites is 3. The minimum Gasteiger partial charge on any atom is -0.306 e. The molecule has 6 aromatic carbocycles. The van der Waals surface area contributed by atoms with Crippen LogP contribution in [0.25, 0.3) is 50.1 Å². The third kappa shape index (κ3) is 3.86. The molecule has 1 aliphatic heterocycles. The molecule has 0 saturated carbocycles. The maximum atomic E-state index is 8.34. The molecule has 0 unspecified atom stereocenters. The molecule has 0 radical (unpaired) electrons. The maximum absolute atomic E-state index is 8.34. The average molecular weight is 545 g/mol. The second kappa shape index (κ2) is 9.90. The number of aryl methyl sites for hydroxylation is 1. The summed E-state index contributed by atoms with van der Waals surface area (Å²) < 4.78 is 43.0. The predicted octanol–water partition coefficient (Wildman–Crippen LogP) is 10.4. The fourth-order valence-electron chi connectivity index (χ4n) is 6.03. The Bertz CT molecular complexity index is 2300. The molecular weight excluding hydrogens is 510 g/mol. The molecule has 0 N–H and O–H groups in total. The van der Waals surface area contributed by atoms with E-state index in [1.165, 1.54) is 0 Å². The van der Waals surface area contributed by atoms with Crippen molar-refractivity contribution in [1.82, 2.24) is 9.55 Å². The van der Waals surface area contributed by atoms with Gasteiger partial charge in [0.15, 0.2) is 0 Å². The van der Waals surface area contributed by atoms with Gasteiger partial charge in [-0.3, -0.25) is 4.57 Å². The molecule has 0 bridgehead atoms. The number of benzene rings is 6. The van der Waals surface area contributed by atoms with Gasteiger partial charge in [0.25, 0.3) is 0 Å². The number of fused-ring (bicyclic) bond motifs is 2. The number of anilines is 3. The van der Waals surface area contributed by atoms with Gasteiger partial charge in [-0.05, 0) is 64.2 Å². The quantitative estimate of drug-likeness (QED) is 0.215. The lowest BCUT2D eigenvalue weighted by Gasteiger charge is -2.34. The summed E-state index contributed by atoms with van der Waals surface area (Å²) in [7, 11) is 0. The molecule has 0 atom stereocenters. The molecule has 3 heteroatoms. The zero-order chi connectivity index (χ0) is 32.4. The largest absolute Gasteiger partial charge is 0.306 e. The third-order valence-corrected chi connectivity index (χ3v) is 7.98. The molecule has 0 amide bonds. The Balaban J connectivity index is 1.23. The van der Waals surface area contributed by atoms with Gasteiger partial charge in [0.1, 0.15) is 5.82 Å². The first-order chi connectivity index (χ1) is 22.9. The van der Waals surface area contributed by atoms with Crippen molar-refractivity contribution in [2.45, 2.75) is 13.3 Å². The number of hydrogen-bond donors (Lipinski definition) is 0. The van der Waals surface area contributed by atoms with E-state index in [1.54, 1.807) is 0 Å². The normalized spacial score (nSPS) is 13.6. The Morgan fingerprint density at radius 2 is 1.19 bits per heavy atom. The molecule has 200 valence electrons. The van der Waals surface area contributed by atoms with E-state index in [0.717, 1.165) is 68.3 Å². The third-order valence-electron chi connectivity index (χ3n) is 7.98. The van der Waals surface area contributed by atoms with Gasteiger partial charge in [0.2, 0.25) is 0 Å². The van der Waals surface area contributed by atoms with Crippen LogP contribution in [0.15, 0.2) is 145 Å². The van der Waals surface area contributed by atoms with Gasteiger partial charge in [-0.15, -0.1) is 0 Å². The highest BCUT2D eigenvalue weighted by atomic mass is 15.2. The van der Waals surface area contributed by atoms with Gasteiger partial charge in [-0.25, -0.2) is 4.98 Å². The maximum Gasteiger partial charge on any atom is 0.114 e. The fourth-order valence-corrected chi connectivity index (χ4v) is 6.03. The zero-order valence-corrected chi connectivity index (χ0v) is 23.0. The van der Waals surface area contributed by atoms with Crippen LogP contribution in [0, 0.1) is 0 Å². The Hall–Kier alpha value is -5.41. The molecule has 0 saturated heterocycles. The Morgan fingerprint density at radius 1 is 0.595 bits per heavy atom. The molecule has 0 spiro atoms.